The minimum atomic E-state index is 0.175. The molecule has 1 aromatic carbocycles. The maximum absolute atomic E-state index is 6.23. The van der Waals surface area contributed by atoms with Gasteiger partial charge in [-0.15, -0.1) is 0 Å². The first kappa shape index (κ1) is 16.5. The fourth-order valence-corrected chi connectivity index (χ4v) is 6.15. The average molecular weight is 350 g/mol. The summed E-state index contributed by atoms with van der Waals surface area (Å²) in [6, 6.07) is 8.58. The van der Waals surface area contributed by atoms with Gasteiger partial charge in [0.05, 0.1) is 0 Å². The number of nitrogens with zero attached hydrogens (tertiary/aromatic N) is 1. The Morgan fingerprint density at radius 2 is 1.81 bits per heavy atom. The van der Waals surface area contributed by atoms with E-state index in [0.29, 0.717) is 16.9 Å². The van der Waals surface area contributed by atoms with E-state index in [9.17, 15) is 0 Å². The summed E-state index contributed by atoms with van der Waals surface area (Å²) in [4.78, 5) is 2.81. The maximum atomic E-state index is 6.23. The molecule has 1 saturated heterocycles. The molecule has 0 radical (unpaired) electrons. The van der Waals surface area contributed by atoms with Gasteiger partial charge in [0.1, 0.15) is 11.9 Å². The molecule has 0 bridgehead atoms. The molecule has 2 unspecified atom stereocenters. The number of rotatable bonds is 1. The Bertz CT molecular complexity index is 781. The second-order valence-electron chi connectivity index (χ2n) is 9.76. The first-order valence-electron chi connectivity index (χ1n) is 10.4. The molecule has 1 spiro atoms. The van der Waals surface area contributed by atoms with Gasteiger partial charge in [-0.3, -0.25) is 0 Å². The van der Waals surface area contributed by atoms with E-state index in [2.05, 4.69) is 62.1 Å². The maximum Gasteiger partial charge on any atom is 0.128 e. The summed E-state index contributed by atoms with van der Waals surface area (Å²) < 4.78 is 6.23. The molecule has 2 heterocycles. The smallest absolute Gasteiger partial charge is 0.128 e. The fourth-order valence-electron chi connectivity index (χ4n) is 6.15. The molecule has 1 saturated carbocycles. The SMILES string of the molecule is CC1=CC2Oc3ccccc3C2C=C1N1CC(C)(C)CC12CCCCC2. The first-order valence-corrected chi connectivity index (χ1v) is 10.4. The van der Waals surface area contributed by atoms with Gasteiger partial charge >= 0.3 is 0 Å². The zero-order chi connectivity index (χ0) is 17.9. The van der Waals surface area contributed by atoms with Gasteiger partial charge in [-0.05, 0) is 55.4 Å². The second-order valence-corrected chi connectivity index (χ2v) is 9.76. The number of hydrogen-bond donors (Lipinski definition) is 0. The topological polar surface area (TPSA) is 12.5 Å². The minimum Gasteiger partial charge on any atom is -0.485 e. The Morgan fingerprint density at radius 3 is 2.62 bits per heavy atom. The molecule has 2 atom stereocenters. The van der Waals surface area contributed by atoms with Crippen molar-refractivity contribution in [2.45, 2.75) is 76.9 Å². The number of para-hydroxylation sites is 1. The van der Waals surface area contributed by atoms with Gasteiger partial charge < -0.3 is 9.64 Å². The van der Waals surface area contributed by atoms with E-state index >= 15 is 0 Å². The van der Waals surface area contributed by atoms with E-state index < -0.39 is 0 Å². The van der Waals surface area contributed by atoms with E-state index in [0.717, 1.165) is 5.75 Å². The molecule has 2 aliphatic heterocycles. The van der Waals surface area contributed by atoms with Crippen LogP contribution in [0.4, 0.5) is 0 Å². The van der Waals surface area contributed by atoms with Gasteiger partial charge in [0.2, 0.25) is 0 Å². The normalized spacial score (nSPS) is 31.1. The predicted octanol–water partition coefficient (Wildman–Crippen LogP) is 5.81. The number of fused-ring (bicyclic) bond motifs is 3. The monoisotopic (exact) mass is 349 g/mol. The van der Waals surface area contributed by atoms with Gasteiger partial charge in [0.25, 0.3) is 0 Å². The lowest BCUT2D eigenvalue weighted by Gasteiger charge is -2.45. The van der Waals surface area contributed by atoms with Crippen LogP contribution in [0.15, 0.2) is 47.7 Å². The zero-order valence-electron chi connectivity index (χ0n) is 16.4. The van der Waals surface area contributed by atoms with Crippen LogP contribution in [0.3, 0.4) is 0 Å². The summed E-state index contributed by atoms with van der Waals surface area (Å²) in [6.07, 6.45) is 13.3. The molecule has 2 heteroatoms. The number of hydrogen-bond acceptors (Lipinski definition) is 2. The van der Waals surface area contributed by atoms with Crippen LogP contribution in [-0.2, 0) is 0 Å². The molecular formula is C24H31NO. The summed E-state index contributed by atoms with van der Waals surface area (Å²) in [6.45, 7) is 8.39. The third-order valence-electron chi connectivity index (χ3n) is 7.09. The number of allylic oxidation sites excluding steroid dienone is 1. The summed E-state index contributed by atoms with van der Waals surface area (Å²) in [5.74, 6) is 1.44. The van der Waals surface area contributed by atoms with Crippen molar-refractivity contribution < 1.29 is 4.74 Å². The molecule has 26 heavy (non-hydrogen) atoms. The van der Waals surface area contributed by atoms with E-state index in [1.165, 1.54) is 61.9 Å². The minimum absolute atomic E-state index is 0.175. The van der Waals surface area contributed by atoms with Crippen LogP contribution < -0.4 is 4.74 Å². The summed E-state index contributed by atoms with van der Waals surface area (Å²) in [7, 11) is 0. The summed E-state index contributed by atoms with van der Waals surface area (Å²) in [5.41, 5.74) is 5.03. The van der Waals surface area contributed by atoms with E-state index in [4.69, 9.17) is 4.74 Å². The van der Waals surface area contributed by atoms with Crippen LogP contribution in [0.1, 0.15) is 70.8 Å². The molecule has 2 fully saturated rings. The summed E-state index contributed by atoms with van der Waals surface area (Å²) in [5, 5.41) is 0. The third kappa shape index (κ3) is 2.45. The molecule has 0 aromatic heterocycles. The lowest BCUT2D eigenvalue weighted by molar-refractivity contribution is 0.127. The number of likely N-dealkylation sites (tertiary alicyclic amines) is 1. The highest BCUT2D eigenvalue weighted by atomic mass is 16.5. The fraction of sp³-hybridized carbons (Fsp3) is 0.583. The molecule has 2 nitrogen and oxygen atoms in total. The highest BCUT2D eigenvalue weighted by Gasteiger charge is 2.50. The first-order chi connectivity index (χ1) is 12.5. The molecule has 0 amide bonds. The molecule has 4 aliphatic rings. The lowest BCUT2D eigenvalue weighted by atomic mass is 9.74. The molecule has 1 aromatic rings. The highest BCUT2D eigenvalue weighted by Crippen LogP contribution is 2.53. The number of ether oxygens (including phenoxy) is 1. The van der Waals surface area contributed by atoms with Gasteiger partial charge in [-0.25, -0.2) is 0 Å². The van der Waals surface area contributed by atoms with Crippen molar-refractivity contribution in [2.75, 3.05) is 6.54 Å². The van der Waals surface area contributed by atoms with Crippen molar-refractivity contribution >= 4 is 0 Å². The Labute approximate surface area is 157 Å². The van der Waals surface area contributed by atoms with Crippen molar-refractivity contribution in [3.63, 3.8) is 0 Å². The van der Waals surface area contributed by atoms with Crippen molar-refractivity contribution in [1.82, 2.24) is 4.90 Å². The highest BCUT2D eigenvalue weighted by molar-refractivity contribution is 5.50. The van der Waals surface area contributed by atoms with Crippen molar-refractivity contribution in [3.05, 3.63) is 53.3 Å². The second kappa shape index (κ2) is 5.65. The Morgan fingerprint density at radius 1 is 1.04 bits per heavy atom. The van der Waals surface area contributed by atoms with Gasteiger partial charge in [-0.2, -0.15) is 0 Å². The van der Waals surface area contributed by atoms with Gasteiger partial charge in [-0.1, -0.05) is 51.3 Å². The van der Waals surface area contributed by atoms with Crippen molar-refractivity contribution in [3.8, 4) is 5.75 Å². The predicted molar refractivity (Wildman–Crippen MR) is 106 cm³/mol. The van der Waals surface area contributed by atoms with E-state index in [1.54, 1.807) is 0 Å². The van der Waals surface area contributed by atoms with Crippen LogP contribution >= 0.6 is 0 Å². The Kier molecular flexibility index (Phi) is 3.58. The Balaban J connectivity index is 1.55. The van der Waals surface area contributed by atoms with Crippen LogP contribution in [0.5, 0.6) is 5.75 Å². The van der Waals surface area contributed by atoms with Crippen LogP contribution in [0, 0.1) is 5.41 Å². The largest absolute Gasteiger partial charge is 0.485 e. The Hall–Kier alpha value is -1.70. The lowest BCUT2D eigenvalue weighted by Crippen LogP contribution is -2.45. The zero-order valence-corrected chi connectivity index (χ0v) is 16.4. The molecule has 2 aliphatic carbocycles. The van der Waals surface area contributed by atoms with Gasteiger partial charge in [0, 0.05) is 29.3 Å². The van der Waals surface area contributed by atoms with Crippen molar-refractivity contribution in [2.24, 2.45) is 5.41 Å². The summed E-state index contributed by atoms with van der Waals surface area (Å²) >= 11 is 0. The number of benzene rings is 1. The average Bonchev–Trinajstić information content (AvgIpc) is 3.08. The van der Waals surface area contributed by atoms with E-state index in [1.807, 2.05) is 0 Å². The molecule has 0 N–H and O–H groups in total. The molecular weight excluding hydrogens is 318 g/mol. The quantitative estimate of drug-likeness (QED) is 0.634. The molecule has 5 rings (SSSR count). The van der Waals surface area contributed by atoms with Crippen LogP contribution in [-0.4, -0.2) is 23.1 Å². The van der Waals surface area contributed by atoms with Gasteiger partial charge in [0.15, 0.2) is 0 Å². The van der Waals surface area contributed by atoms with Crippen LogP contribution in [0.25, 0.3) is 0 Å². The molecule has 138 valence electrons. The van der Waals surface area contributed by atoms with Crippen LogP contribution in [0.2, 0.25) is 0 Å². The van der Waals surface area contributed by atoms with E-state index in [-0.39, 0.29) is 6.10 Å². The van der Waals surface area contributed by atoms with Crippen molar-refractivity contribution in [1.29, 1.82) is 0 Å². The third-order valence-corrected chi connectivity index (χ3v) is 7.09. The standard InChI is InChI=1S/C24H31NO/c1-17-13-22-19(18-9-5-6-10-21(18)26-22)14-20(17)25-16-23(2,3)15-24(25)11-7-4-8-12-24/h5-6,9-10,13-14,19,22H,4,7-8,11-12,15-16H2,1-3H3.